The standard InChI is InChI=1S/C5H8O2.C2H4O.ClH/c1-3-5(6)7-4-2;1-2-3;/h4H,2-3H2,1H3;2-3H,1H2;1H. The van der Waals surface area contributed by atoms with E-state index in [2.05, 4.69) is 17.9 Å². The molecular weight excluding hydrogens is 168 g/mol. The quantitative estimate of drug-likeness (QED) is 0.524. The molecule has 0 saturated carbocycles. The zero-order valence-electron chi connectivity index (χ0n) is 6.45. The molecule has 0 atom stereocenters. The Kier molecular flexibility index (Phi) is 24.1. The number of halogens is 1. The van der Waals surface area contributed by atoms with Crippen LogP contribution in [-0.4, -0.2) is 11.1 Å². The van der Waals surface area contributed by atoms with Crippen molar-refractivity contribution in [2.75, 3.05) is 0 Å². The Morgan fingerprint density at radius 2 is 2.00 bits per heavy atom. The smallest absolute Gasteiger partial charge is 0.310 e. The van der Waals surface area contributed by atoms with Crippen LogP contribution in [0.4, 0.5) is 0 Å². The van der Waals surface area contributed by atoms with Crippen LogP contribution in [0.2, 0.25) is 0 Å². The van der Waals surface area contributed by atoms with Crippen molar-refractivity contribution in [1.29, 1.82) is 0 Å². The summed E-state index contributed by atoms with van der Waals surface area (Å²) in [6.07, 6.45) is 2.29. The Balaban J connectivity index is -0.000000140. The van der Waals surface area contributed by atoms with E-state index < -0.39 is 0 Å². The predicted molar refractivity (Wildman–Crippen MR) is 46.7 cm³/mol. The first-order valence-corrected chi connectivity index (χ1v) is 2.78. The van der Waals surface area contributed by atoms with Gasteiger partial charge in [-0.1, -0.05) is 20.1 Å². The second-order valence-corrected chi connectivity index (χ2v) is 1.19. The summed E-state index contributed by atoms with van der Waals surface area (Å²) in [6.45, 7) is 7.85. The van der Waals surface area contributed by atoms with Gasteiger partial charge < -0.3 is 9.84 Å². The zero-order chi connectivity index (χ0) is 8.41. The average Bonchev–Trinajstić information content (AvgIpc) is 1.90. The summed E-state index contributed by atoms with van der Waals surface area (Å²) in [5, 5.41) is 7.33. The SMILES string of the molecule is C=CO.C=COC(=O)CC.Cl. The lowest BCUT2D eigenvalue weighted by Crippen LogP contribution is -1.94. The maximum absolute atomic E-state index is 10.1. The second kappa shape index (κ2) is 16.0. The minimum absolute atomic E-state index is 0. The van der Waals surface area contributed by atoms with Crippen LogP contribution in [0.1, 0.15) is 13.3 Å². The number of hydrogen-bond acceptors (Lipinski definition) is 3. The Labute approximate surface area is 72.8 Å². The van der Waals surface area contributed by atoms with E-state index in [0.29, 0.717) is 6.42 Å². The minimum Gasteiger partial charge on any atom is -0.516 e. The summed E-state index contributed by atoms with van der Waals surface area (Å²) in [5.41, 5.74) is 0. The number of aliphatic hydroxyl groups is 1. The van der Waals surface area contributed by atoms with Gasteiger partial charge >= 0.3 is 5.97 Å². The van der Waals surface area contributed by atoms with Crippen molar-refractivity contribution in [3.05, 3.63) is 25.7 Å². The van der Waals surface area contributed by atoms with E-state index in [1.54, 1.807) is 6.92 Å². The number of carbonyl (C=O) groups is 1. The van der Waals surface area contributed by atoms with Crippen LogP contribution in [-0.2, 0) is 9.53 Å². The highest BCUT2D eigenvalue weighted by atomic mass is 35.5. The number of aliphatic hydroxyl groups excluding tert-OH is 1. The van der Waals surface area contributed by atoms with Crippen LogP contribution in [0, 0.1) is 0 Å². The maximum Gasteiger partial charge on any atom is 0.310 e. The molecule has 0 aromatic rings. The van der Waals surface area contributed by atoms with Gasteiger partial charge in [0, 0.05) is 6.42 Å². The molecule has 11 heavy (non-hydrogen) atoms. The van der Waals surface area contributed by atoms with Crippen molar-refractivity contribution in [2.45, 2.75) is 13.3 Å². The fourth-order valence-electron chi connectivity index (χ4n) is 0.176. The predicted octanol–water partition coefficient (Wildman–Crippen LogP) is 2.19. The van der Waals surface area contributed by atoms with E-state index in [1.807, 2.05) is 0 Å². The van der Waals surface area contributed by atoms with Crippen molar-refractivity contribution in [2.24, 2.45) is 0 Å². The largest absolute Gasteiger partial charge is 0.516 e. The number of hydrogen-bond donors (Lipinski definition) is 1. The summed E-state index contributed by atoms with van der Waals surface area (Å²) in [5.74, 6) is -0.241. The molecule has 0 aliphatic heterocycles. The van der Waals surface area contributed by atoms with E-state index in [9.17, 15) is 4.79 Å². The van der Waals surface area contributed by atoms with Gasteiger partial charge in [0.25, 0.3) is 0 Å². The first-order chi connectivity index (χ1) is 4.72. The van der Waals surface area contributed by atoms with Gasteiger partial charge in [0.05, 0.1) is 12.5 Å². The highest BCUT2D eigenvalue weighted by Gasteiger charge is 1.89. The highest BCUT2D eigenvalue weighted by molar-refractivity contribution is 5.85. The van der Waals surface area contributed by atoms with Crippen LogP contribution < -0.4 is 0 Å². The molecule has 3 nitrogen and oxygen atoms in total. The lowest BCUT2D eigenvalue weighted by Gasteiger charge is -1.88. The number of carbonyl (C=O) groups excluding carboxylic acids is 1. The molecule has 0 aromatic heterocycles. The lowest BCUT2D eigenvalue weighted by molar-refractivity contribution is -0.137. The third kappa shape index (κ3) is 27.5. The molecule has 0 heterocycles. The third-order valence-corrected chi connectivity index (χ3v) is 0.503. The van der Waals surface area contributed by atoms with Gasteiger partial charge in [-0.15, -0.1) is 12.4 Å². The minimum atomic E-state index is -0.241. The second-order valence-electron chi connectivity index (χ2n) is 1.19. The van der Waals surface area contributed by atoms with Crippen molar-refractivity contribution in [1.82, 2.24) is 0 Å². The number of esters is 1. The Morgan fingerprint density at radius 3 is 2.09 bits per heavy atom. The topological polar surface area (TPSA) is 46.5 Å². The molecule has 0 aliphatic rings. The molecule has 66 valence electrons. The van der Waals surface area contributed by atoms with E-state index in [0.717, 1.165) is 12.5 Å². The Hall–Kier alpha value is -0.960. The Morgan fingerprint density at radius 1 is 1.64 bits per heavy atom. The summed E-state index contributed by atoms with van der Waals surface area (Å²) in [4.78, 5) is 10.1. The summed E-state index contributed by atoms with van der Waals surface area (Å²) in [6, 6.07) is 0. The van der Waals surface area contributed by atoms with Crippen molar-refractivity contribution >= 4 is 18.4 Å². The van der Waals surface area contributed by atoms with Gasteiger partial charge in [-0.05, 0) is 0 Å². The van der Waals surface area contributed by atoms with Crippen molar-refractivity contribution in [3.63, 3.8) is 0 Å². The lowest BCUT2D eigenvalue weighted by atomic mass is 10.5. The van der Waals surface area contributed by atoms with Gasteiger partial charge in [-0.3, -0.25) is 4.79 Å². The molecule has 0 amide bonds. The van der Waals surface area contributed by atoms with E-state index >= 15 is 0 Å². The first-order valence-electron chi connectivity index (χ1n) is 2.78. The maximum atomic E-state index is 10.1. The first kappa shape index (κ1) is 16.6. The average molecular weight is 181 g/mol. The molecule has 0 unspecified atom stereocenters. The molecule has 0 saturated heterocycles. The van der Waals surface area contributed by atoms with Gasteiger partial charge in [0.2, 0.25) is 0 Å². The normalized spacial score (nSPS) is 5.91. The molecule has 0 aromatic carbocycles. The third-order valence-electron chi connectivity index (χ3n) is 0.503. The zero-order valence-corrected chi connectivity index (χ0v) is 7.26. The van der Waals surface area contributed by atoms with E-state index in [-0.39, 0.29) is 18.4 Å². The monoisotopic (exact) mass is 180 g/mol. The molecule has 0 rings (SSSR count). The van der Waals surface area contributed by atoms with E-state index in [1.165, 1.54) is 0 Å². The van der Waals surface area contributed by atoms with Crippen LogP contribution in [0.3, 0.4) is 0 Å². The Bertz CT molecular complexity index is 112. The molecular formula is C7H13ClO3. The molecule has 1 N–H and O–H groups in total. The summed E-state index contributed by atoms with van der Waals surface area (Å²) >= 11 is 0. The number of rotatable bonds is 2. The van der Waals surface area contributed by atoms with Gasteiger partial charge in [-0.25, -0.2) is 0 Å². The molecule has 0 radical (unpaired) electrons. The van der Waals surface area contributed by atoms with Crippen LogP contribution in [0.5, 0.6) is 0 Å². The summed E-state index contributed by atoms with van der Waals surface area (Å²) < 4.78 is 4.32. The summed E-state index contributed by atoms with van der Waals surface area (Å²) in [7, 11) is 0. The van der Waals surface area contributed by atoms with Gasteiger partial charge in [-0.2, -0.15) is 0 Å². The van der Waals surface area contributed by atoms with Gasteiger partial charge in [0.1, 0.15) is 0 Å². The van der Waals surface area contributed by atoms with Crippen molar-refractivity contribution in [3.8, 4) is 0 Å². The molecule has 0 aliphatic carbocycles. The fourth-order valence-corrected chi connectivity index (χ4v) is 0.176. The van der Waals surface area contributed by atoms with Crippen LogP contribution in [0.25, 0.3) is 0 Å². The molecule has 4 heteroatoms. The molecule has 0 bridgehead atoms. The van der Waals surface area contributed by atoms with Gasteiger partial charge in [0.15, 0.2) is 0 Å². The van der Waals surface area contributed by atoms with Crippen molar-refractivity contribution < 1.29 is 14.6 Å². The highest BCUT2D eigenvalue weighted by Crippen LogP contribution is 1.81. The molecule has 0 fully saturated rings. The van der Waals surface area contributed by atoms with E-state index in [4.69, 9.17) is 5.11 Å². The van der Waals surface area contributed by atoms with Crippen LogP contribution in [0.15, 0.2) is 25.7 Å². The molecule has 0 spiro atoms. The fraction of sp³-hybridized carbons (Fsp3) is 0.286. The van der Waals surface area contributed by atoms with Crippen LogP contribution >= 0.6 is 12.4 Å². The number of ether oxygens (including phenoxy) is 1.